The van der Waals surface area contributed by atoms with Gasteiger partial charge in [-0.05, 0) is 31.2 Å². The summed E-state index contributed by atoms with van der Waals surface area (Å²) in [7, 11) is 0. The van der Waals surface area contributed by atoms with E-state index in [1.54, 1.807) is 0 Å². The average molecular weight is 213 g/mol. The van der Waals surface area contributed by atoms with Crippen molar-refractivity contribution < 1.29 is 4.74 Å². The molecule has 0 saturated carbocycles. The minimum Gasteiger partial charge on any atom is -0.381 e. The second-order valence-electron chi connectivity index (χ2n) is 4.64. The summed E-state index contributed by atoms with van der Waals surface area (Å²) in [6, 6.07) is 0.672. The van der Waals surface area contributed by atoms with E-state index in [0.29, 0.717) is 6.04 Å². The van der Waals surface area contributed by atoms with Crippen LogP contribution in [-0.2, 0) is 4.74 Å². The predicted octanol–water partition coefficient (Wildman–Crippen LogP) is 2.83. The molecule has 0 radical (unpaired) electrons. The van der Waals surface area contributed by atoms with Crippen LogP contribution in [0.5, 0.6) is 0 Å². The fourth-order valence-electron chi connectivity index (χ4n) is 2.80. The molecule has 0 bridgehead atoms. The molecular formula is C13H27NO. The van der Waals surface area contributed by atoms with Gasteiger partial charge in [-0.3, -0.25) is 0 Å². The van der Waals surface area contributed by atoms with Crippen molar-refractivity contribution in [2.45, 2.75) is 52.5 Å². The largest absolute Gasteiger partial charge is 0.381 e. The first kappa shape index (κ1) is 13.0. The summed E-state index contributed by atoms with van der Waals surface area (Å²) in [4.78, 5) is 0. The van der Waals surface area contributed by atoms with Crippen molar-refractivity contribution in [3.63, 3.8) is 0 Å². The molecule has 2 unspecified atom stereocenters. The topological polar surface area (TPSA) is 21.3 Å². The van der Waals surface area contributed by atoms with Gasteiger partial charge in [0.25, 0.3) is 0 Å². The van der Waals surface area contributed by atoms with Crippen molar-refractivity contribution in [3.05, 3.63) is 0 Å². The van der Waals surface area contributed by atoms with E-state index in [9.17, 15) is 0 Å². The van der Waals surface area contributed by atoms with E-state index < -0.39 is 0 Å². The quantitative estimate of drug-likeness (QED) is 0.732. The molecule has 2 atom stereocenters. The number of nitrogens with one attached hydrogen (secondary N) is 1. The van der Waals surface area contributed by atoms with Gasteiger partial charge in [-0.25, -0.2) is 0 Å². The highest BCUT2D eigenvalue weighted by Gasteiger charge is 2.28. The van der Waals surface area contributed by atoms with Crippen LogP contribution in [0.1, 0.15) is 46.5 Å². The van der Waals surface area contributed by atoms with Crippen LogP contribution in [0.2, 0.25) is 0 Å². The molecule has 2 heteroatoms. The molecule has 1 rings (SSSR count). The molecule has 1 aliphatic heterocycles. The first-order valence-corrected chi connectivity index (χ1v) is 6.64. The van der Waals surface area contributed by atoms with E-state index in [1.165, 1.54) is 25.7 Å². The highest BCUT2D eigenvalue weighted by molar-refractivity contribution is 4.83. The Morgan fingerprint density at radius 1 is 1.27 bits per heavy atom. The van der Waals surface area contributed by atoms with Gasteiger partial charge in [0.15, 0.2) is 0 Å². The first-order chi connectivity index (χ1) is 7.33. The highest BCUT2D eigenvalue weighted by Crippen LogP contribution is 2.26. The average Bonchev–Trinajstić information content (AvgIpc) is 2.30. The lowest BCUT2D eigenvalue weighted by molar-refractivity contribution is 0.0280. The monoisotopic (exact) mass is 213 g/mol. The highest BCUT2D eigenvalue weighted by atomic mass is 16.5. The van der Waals surface area contributed by atoms with Crippen LogP contribution < -0.4 is 5.32 Å². The number of rotatable bonds is 6. The third-order valence-corrected chi connectivity index (χ3v) is 3.70. The summed E-state index contributed by atoms with van der Waals surface area (Å²) < 4.78 is 5.61. The van der Waals surface area contributed by atoms with E-state index >= 15 is 0 Å². The van der Waals surface area contributed by atoms with Crippen LogP contribution in [0.25, 0.3) is 0 Å². The summed E-state index contributed by atoms with van der Waals surface area (Å²) >= 11 is 0. The predicted molar refractivity (Wildman–Crippen MR) is 65.1 cm³/mol. The molecule has 0 amide bonds. The molecule has 1 saturated heterocycles. The third kappa shape index (κ3) is 3.76. The summed E-state index contributed by atoms with van der Waals surface area (Å²) in [5, 5.41) is 3.67. The first-order valence-electron chi connectivity index (χ1n) is 6.64. The Morgan fingerprint density at radius 3 is 2.47 bits per heavy atom. The molecule has 0 aliphatic carbocycles. The van der Waals surface area contributed by atoms with Gasteiger partial charge in [0.2, 0.25) is 0 Å². The van der Waals surface area contributed by atoms with Gasteiger partial charge >= 0.3 is 0 Å². The SMILES string of the molecule is CCNC(C(CC)CC)C1CCCOC1. The molecule has 1 aliphatic rings. The molecule has 0 aromatic heterocycles. The van der Waals surface area contributed by atoms with E-state index in [2.05, 4.69) is 26.1 Å². The molecule has 1 heterocycles. The standard InChI is InChI=1S/C13H27NO/c1-4-11(5-2)13(14-6-3)12-8-7-9-15-10-12/h11-14H,4-10H2,1-3H3. The van der Waals surface area contributed by atoms with Crippen LogP contribution in [0, 0.1) is 11.8 Å². The minimum absolute atomic E-state index is 0.672. The van der Waals surface area contributed by atoms with Gasteiger partial charge in [0.1, 0.15) is 0 Å². The van der Waals surface area contributed by atoms with Crippen molar-refractivity contribution in [2.24, 2.45) is 11.8 Å². The Morgan fingerprint density at radius 2 is 2.00 bits per heavy atom. The number of hydrogen-bond acceptors (Lipinski definition) is 2. The zero-order valence-electron chi connectivity index (χ0n) is 10.6. The second-order valence-corrected chi connectivity index (χ2v) is 4.64. The lowest BCUT2D eigenvalue weighted by Crippen LogP contribution is -2.45. The van der Waals surface area contributed by atoms with Gasteiger partial charge in [-0.1, -0.05) is 33.6 Å². The minimum atomic E-state index is 0.672. The molecule has 0 spiro atoms. The van der Waals surface area contributed by atoms with Crippen LogP contribution in [0.4, 0.5) is 0 Å². The summed E-state index contributed by atoms with van der Waals surface area (Å²) in [6.45, 7) is 9.84. The lowest BCUT2D eigenvalue weighted by Gasteiger charge is -2.35. The fraction of sp³-hybridized carbons (Fsp3) is 1.00. The van der Waals surface area contributed by atoms with E-state index in [0.717, 1.165) is 31.6 Å². The molecule has 2 nitrogen and oxygen atoms in total. The van der Waals surface area contributed by atoms with Crippen molar-refractivity contribution in [2.75, 3.05) is 19.8 Å². The summed E-state index contributed by atoms with van der Waals surface area (Å²) in [5.74, 6) is 1.56. The number of ether oxygens (including phenoxy) is 1. The van der Waals surface area contributed by atoms with Crippen molar-refractivity contribution >= 4 is 0 Å². The number of hydrogen-bond donors (Lipinski definition) is 1. The van der Waals surface area contributed by atoms with Crippen molar-refractivity contribution in [3.8, 4) is 0 Å². The second kappa shape index (κ2) is 7.24. The Hall–Kier alpha value is -0.0800. The fourth-order valence-corrected chi connectivity index (χ4v) is 2.80. The zero-order chi connectivity index (χ0) is 11.1. The molecule has 0 aromatic rings. The summed E-state index contributed by atoms with van der Waals surface area (Å²) in [6.07, 6.45) is 5.15. The van der Waals surface area contributed by atoms with E-state index in [-0.39, 0.29) is 0 Å². The maximum absolute atomic E-state index is 5.61. The van der Waals surface area contributed by atoms with E-state index in [4.69, 9.17) is 4.74 Å². The molecule has 15 heavy (non-hydrogen) atoms. The van der Waals surface area contributed by atoms with Crippen LogP contribution in [0.15, 0.2) is 0 Å². The van der Waals surface area contributed by atoms with Gasteiger partial charge in [-0.2, -0.15) is 0 Å². The lowest BCUT2D eigenvalue weighted by atomic mass is 9.82. The summed E-state index contributed by atoms with van der Waals surface area (Å²) in [5.41, 5.74) is 0. The van der Waals surface area contributed by atoms with Crippen LogP contribution in [-0.4, -0.2) is 25.8 Å². The smallest absolute Gasteiger partial charge is 0.0509 e. The van der Waals surface area contributed by atoms with Crippen LogP contribution >= 0.6 is 0 Å². The molecule has 1 fully saturated rings. The van der Waals surface area contributed by atoms with Crippen LogP contribution in [0.3, 0.4) is 0 Å². The molecule has 1 N–H and O–H groups in total. The van der Waals surface area contributed by atoms with E-state index in [1.807, 2.05) is 0 Å². The Labute approximate surface area is 94.8 Å². The zero-order valence-corrected chi connectivity index (χ0v) is 10.6. The van der Waals surface area contributed by atoms with Crippen molar-refractivity contribution in [1.82, 2.24) is 5.32 Å². The maximum Gasteiger partial charge on any atom is 0.0509 e. The Kier molecular flexibility index (Phi) is 6.26. The molecular weight excluding hydrogens is 186 g/mol. The van der Waals surface area contributed by atoms with Gasteiger partial charge in [0.05, 0.1) is 6.61 Å². The maximum atomic E-state index is 5.61. The van der Waals surface area contributed by atoms with Gasteiger partial charge in [0, 0.05) is 12.6 Å². The third-order valence-electron chi connectivity index (χ3n) is 3.70. The molecule has 0 aromatic carbocycles. The normalized spacial score (nSPS) is 24.4. The Balaban J connectivity index is 2.53. The Bertz CT molecular complexity index is 151. The molecule has 90 valence electrons. The van der Waals surface area contributed by atoms with Crippen molar-refractivity contribution in [1.29, 1.82) is 0 Å². The van der Waals surface area contributed by atoms with Gasteiger partial charge in [-0.15, -0.1) is 0 Å². The van der Waals surface area contributed by atoms with Gasteiger partial charge < -0.3 is 10.1 Å².